The Morgan fingerprint density at radius 2 is 1.05 bits per heavy atom. The molecule has 2 aromatic carbocycles. The fourth-order valence-corrected chi connectivity index (χ4v) is 2.51. The Morgan fingerprint density at radius 3 is 1.42 bits per heavy atom. The first kappa shape index (κ1) is 18.3. The molecule has 0 aliphatic rings. The molecule has 0 unspecified atom stereocenters. The zero-order valence-electron chi connectivity index (χ0n) is 10.7. The average Bonchev–Trinajstić information content (AvgIpc) is 2.34. The largest absolute Gasteiger partial charge is 1.00 e. The third-order valence-electron chi connectivity index (χ3n) is 2.49. The van der Waals surface area contributed by atoms with E-state index in [4.69, 9.17) is 6.64 Å². The second kappa shape index (κ2) is 9.27. The van der Waals surface area contributed by atoms with Crippen LogP contribution in [-0.2, 0) is 19.9 Å². The maximum atomic E-state index is 5.70. The summed E-state index contributed by atoms with van der Waals surface area (Å²) in [6, 6.07) is 16.0. The van der Waals surface area contributed by atoms with Crippen molar-refractivity contribution in [2.24, 2.45) is 0 Å². The summed E-state index contributed by atoms with van der Waals surface area (Å²) < 4.78 is 11.4. The van der Waals surface area contributed by atoms with Crippen LogP contribution in [0.2, 0.25) is 0 Å². The smallest absolute Gasteiger partial charge is 1.00 e. The van der Waals surface area contributed by atoms with E-state index in [-0.39, 0.29) is 24.8 Å². The first-order valence-corrected chi connectivity index (χ1v) is 6.75. The summed E-state index contributed by atoms with van der Waals surface area (Å²) in [4.78, 5) is 0. The number of hydrogen-bond donors (Lipinski definition) is 0. The molecule has 2 rings (SSSR count). The predicted molar refractivity (Wildman–Crippen MR) is 63.6 cm³/mol. The van der Waals surface area contributed by atoms with Gasteiger partial charge in [0.2, 0.25) is 0 Å². The van der Waals surface area contributed by atoms with Gasteiger partial charge in [-0.25, -0.2) is 0 Å². The van der Waals surface area contributed by atoms with E-state index in [1.54, 1.807) is 0 Å². The van der Waals surface area contributed by atoms with E-state index in [9.17, 15) is 0 Å². The minimum Gasteiger partial charge on any atom is -1.00 e. The molecule has 0 saturated carbocycles. The van der Waals surface area contributed by atoms with Crippen molar-refractivity contribution in [2.75, 3.05) is 0 Å². The van der Waals surface area contributed by atoms with Crippen LogP contribution in [0.25, 0.3) is 0 Å². The molecular formula is C14H14Cl2O2Ti. The quantitative estimate of drug-likeness (QED) is 0.585. The second-order valence-electron chi connectivity index (χ2n) is 3.82. The molecule has 100 valence electrons. The minimum atomic E-state index is -0.902. The average molecular weight is 333 g/mol. The van der Waals surface area contributed by atoms with E-state index in [2.05, 4.69) is 0 Å². The van der Waals surface area contributed by atoms with E-state index in [0.29, 0.717) is 0 Å². The molecule has 0 saturated heterocycles. The van der Waals surface area contributed by atoms with Crippen LogP contribution in [0.4, 0.5) is 0 Å². The van der Waals surface area contributed by atoms with Crippen molar-refractivity contribution in [3.63, 3.8) is 0 Å². The van der Waals surface area contributed by atoms with Gasteiger partial charge in [-0.1, -0.05) is 0 Å². The van der Waals surface area contributed by atoms with Crippen LogP contribution < -0.4 is 31.5 Å². The van der Waals surface area contributed by atoms with Gasteiger partial charge in [0.25, 0.3) is 0 Å². The van der Waals surface area contributed by atoms with Crippen LogP contribution in [0.5, 0.6) is 11.5 Å². The van der Waals surface area contributed by atoms with Gasteiger partial charge in [-0.05, 0) is 0 Å². The first-order valence-electron chi connectivity index (χ1n) is 5.47. The standard InChI is InChI=1S/2C7H8O.2ClH.Ti/c2*1-6-4-2-3-5-7(6)8;;;/h2*2-5,8H,1H3;2*1H;/q;;;;+4/p-4. The van der Waals surface area contributed by atoms with Crippen molar-refractivity contribution in [1.82, 2.24) is 0 Å². The Hall–Kier alpha value is -0.666. The maximum absolute atomic E-state index is 5.70. The predicted octanol–water partition coefficient (Wildman–Crippen LogP) is -2.32. The Kier molecular flexibility index (Phi) is 8.95. The summed E-state index contributed by atoms with van der Waals surface area (Å²) in [5, 5.41) is 0. The molecule has 2 nitrogen and oxygen atoms in total. The van der Waals surface area contributed by atoms with Crippen molar-refractivity contribution >= 4 is 0 Å². The summed E-state index contributed by atoms with van der Waals surface area (Å²) in [6.45, 7) is 4.07. The monoisotopic (exact) mass is 332 g/mol. The zero-order chi connectivity index (χ0) is 12.1. The maximum Gasteiger partial charge on any atom is -1.00 e. The molecule has 0 bridgehead atoms. The number of rotatable bonds is 4. The molecule has 2 aromatic rings. The first-order chi connectivity index (χ1) is 8.27. The second-order valence-corrected chi connectivity index (χ2v) is 4.72. The normalized spacial score (nSPS) is 8.53. The van der Waals surface area contributed by atoms with Crippen molar-refractivity contribution in [1.29, 1.82) is 0 Å². The summed E-state index contributed by atoms with van der Waals surface area (Å²) in [5.41, 5.74) is 2.29. The van der Waals surface area contributed by atoms with Gasteiger partial charge in [0.15, 0.2) is 0 Å². The van der Waals surface area contributed by atoms with Crippen molar-refractivity contribution in [3.8, 4) is 11.5 Å². The molecular weight excluding hydrogens is 319 g/mol. The molecule has 0 spiro atoms. The molecule has 0 atom stereocenters. The van der Waals surface area contributed by atoms with Gasteiger partial charge >= 0.3 is 112 Å². The third-order valence-corrected chi connectivity index (χ3v) is 3.44. The number of benzene rings is 2. The summed E-state index contributed by atoms with van der Waals surface area (Å²) in [6.07, 6.45) is 0. The SMILES string of the molecule is Cc1ccccc1[O][Ti+2][O]c1ccccc1C.[Cl-].[Cl-]. The molecule has 0 aliphatic carbocycles. The van der Waals surface area contributed by atoms with E-state index in [1.165, 1.54) is 0 Å². The number of hydrogen-bond acceptors (Lipinski definition) is 2. The fourth-order valence-electron chi connectivity index (χ4n) is 1.45. The van der Waals surface area contributed by atoms with Crippen LogP contribution in [0, 0.1) is 13.8 Å². The molecule has 0 fully saturated rings. The molecule has 5 heteroatoms. The number of halogens is 2. The summed E-state index contributed by atoms with van der Waals surface area (Å²) in [7, 11) is 0. The summed E-state index contributed by atoms with van der Waals surface area (Å²) >= 11 is -0.902. The van der Waals surface area contributed by atoms with Crippen LogP contribution in [0.1, 0.15) is 11.1 Å². The van der Waals surface area contributed by atoms with Crippen LogP contribution in [-0.4, -0.2) is 0 Å². The van der Waals surface area contributed by atoms with Crippen LogP contribution >= 0.6 is 0 Å². The van der Waals surface area contributed by atoms with Gasteiger partial charge in [-0.2, -0.15) is 0 Å². The molecule has 0 radical (unpaired) electrons. The topological polar surface area (TPSA) is 18.5 Å². The molecule has 0 N–H and O–H groups in total. The minimum absolute atomic E-state index is 0. The fraction of sp³-hybridized carbons (Fsp3) is 0.143. The van der Waals surface area contributed by atoms with Gasteiger partial charge in [0.1, 0.15) is 0 Å². The van der Waals surface area contributed by atoms with Crippen LogP contribution in [0.15, 0.2) is 48.5 Å². The molecule has 0 amide bonds. The molecule has 19 heavy (non-hydrogen) atoms. The Morgan fingerprint density at radius 1 is 0.684 bits per heavy atom. The van der Waals surface area contributed by atoms with Gasteiger partial charge < -0.3 is 24.8 Å². The van der Waals surface area contributed by atoms with E-state index in [1.807, 2.05) is 62.4 Å². The Bertz CT molecular complexity index is 461. The van der Waals surface area contributed by atoms with E-state index >= 15 is 0 Å². The van der Waals surface area contributed by atoms with Gasteiger partial charge in [0, 0.05) is 0 Å². The van der Waals surface area contributed by atoms with Gasteiger partial charge in [0.05, 0.1) is 0 Å². The van der Waals surface area contributed by atoms with Crippen molar-refractivity contribution in [3.05, 3.63) is 59.7 Å². The number of aryl methyl sites for hydroxylation is 2. The number of para-hydroxylation sites is 2. The Balaban J connectivity index is 0.00000162. The van der Waals surface area contributed by atoms with E-state index < -0.39 is 19.9 Å². The molecule has 0 aromatic heterocycles. The van der Waals surface area contributed by atoms with Crippen molar-refractivity contribution < 1.29 is 51.4 Å². The third kappa shape index (κ3) is 5.46. The van der Waals surface area contributed by atoms with Gasteiger partial charge in [-0.15, -0.1) is 0 Å². The van der Waals surface area contributed by atoms with Crippen molar-refractivity contribution in [2.45, 2.75) is 13.8 Å². The molecule has 0 heterocycles. The van der Waals surface area contributed by atoms with Crippen LogP contribution in [0.3, 0.4) is 0 Å². The van der Waals surface area contributed by atoms with Gasteiger partial charge in [-0.3, -0.25) is 0 Å². The Labute approximate surface area is 136 Å². The van der Waals surface area contributed by atoms with E-state index in [0.717, 1.165) is 22.6 Å². The zero-order valence-corrected chi connectivity index (χ0v) is 13.8. The summed E-state index contributed by atoms with van der Waals surface area (Å²) in [5.74, 6) is 1.84. The molecule has 0 aliphatic heterocycles.